The lowest BCUT2D eigenvalue weighted by molar-refractivity contribution is -0.138. The minimum Gasteiger partial charge on any atom is -0.492 e. The topological polar surface area (TPSA) is 87.7 Å². The van der Waals surface area contributed by atoms with Gasteiger partial charge in [-0.2, -0.15) is 0 Å². The smallest absolute Gasteiger partial charge is 0.325 e. The van der Waals surface area contributed by atoms with E-state index in [4.69, 9.17) is 21.4 Å². The molecule has 0 aliphatic carbocycles. The van der Waals surface area contributed by atoms with Gasteiger partial charge in [0.25, 0.3) is 5.91 Å². The van der Waals surface area contributed by atoms with E-state index in [1.54, 1.807) is 6.07 Å². The first kappa shape index (κ1) is 26.0. The van der Waals surface area contributed by atoms with Crippen molar-refractivity contribution in [2.45, 2.75) is 39.8 Å². The van der Waals surface area contributed by atoms with Gasteiger partial charge in [0, 0.05) is 17.3 Å². The molecule has 0 radical (unpaired) electrons. The average molecular weight is 499 g/mol. The summed E-state index contributed by atoms with van der Waals surface area (Å²) < 4.78 is 19.3. The summed E-state index contributed by atoms with van der Waals surface area (Å²) in [5.41, 5.74) is 5.29. The Morgan fingerprint density at radius 2 is 1.69 bits per heavy atom. The Hall–Kier alpha value is -3.58. The largest absolute Gasteiger partial charge is 0.492 e. The van der Waals surface area contributed by atoms with Crippen LogP contribution in [-0.2, 0) is 4.79 Å². The molecule has 0 aromatic heterocycles. The van der Waals surface area contributed by atoms with Crippen molar-refractivity contribution < 1.29 is 23.8 Å². The Morgan fingerprint density at radius 3 is 2.26 bits per heavy atom. The van der Waals surface area contributed by atoms with E-state index in [-0.39, 0.29) is 16.8 Å². The third kappa shape index (κ3) is 5.92. The monoisotopic (exact) mass is 498 g/mol. The van der Waals surface area contributed by atoms with Gasteiger partial charge >= 0.3 is 5.97 Å². The molecule has 0 spiro atoms. The van der Waals surface area contributed by atoms with Crippen LogP contribution in [0.4, 0.5) is 10.1 Å². The van der Waals surface area contributed by atoms with E-state index in [1.807, 2.05) is 57.2 Å². The molecular weight excluding hydrogens is 471 g/mol. The maximum Gasteiger partial charge on any atom is 0.325 e. The van der Waals surface area contributed by atoms with Crippen molar-refractivity contribution >= 4 is 29.2 Å². The fourth-order valence-electron chi connectivity index (χ4n) is 3.97. The highest BCUT2D eigenvalue weighted by Gasteiger charge is 2.19. The number of amides is 1. The lowest BCUT2D eigenvalue weighted by atomic mass is 9.94. The summed E-state index contributed by atoms with van der Waals surface area (Å²) in [5, 5.41) is 15.1. The van der Waals surface area contributed by atoms with Gasteiger partial charge in [-0.3, -0.25) is 9.59 Å². The molecule has 0 heterocycles. The van der Waals surface area contributed by atoms with Crippen molar-refractivity contribution in [2.24, 2.45) is 0 Å². The first-order valence-corrected chi connectivity index (χ1v) is 11.4. The molecule has 184 valence electrons. The molecule has 0 aliphatic heterocycles. The summed E-state index contributed by atoms with van der Waals surface area (Å²) in [6.07, 6.45) is 0. The first-order chi connectivity index (χ1) is 16.5. The molecule has 3 aromatic carbocycles. The van der Waals surface area contributed by atoms with Crippen molar-refractivity contribution in [3.05, 3.63) is 81.6 Å². The number of hydrogen-bond acceptors (Lipinski definition) is 4. The predicted octanol–water partition coefficient (Wildman–Crippen LogP) is 6.15. The third-order valence-corrected chi connectivity index (χ3v) is 6.06. The van der Waals surface area contributed by atoms with Gasteiger partial charge in [0.2, 0.25) is 0 Å². The van der Waals surface area contributed by atoms with Crippen LogP contribution in [0.1, 0.15) is 46.9 Å². The molecule has 0 saturated carbocycles. The number of anilines is 1. The Labute approximate surface area is 209 Å². The second-order valence-electron chi connectivity index (χ2n) is 8.48. The van der Waals surface area contributed by atoms with E-state index in [9.17, 15) is 14.0 Å². The number of carboxylic acid groups (broad SMARTS) is 1. The highest BCUT2D eigenvalue weighted by Crippen LogP contribution is 2.33. The molecule has 3 rings (SSSR count). The summed E-state index contributed by atoms with van der Waals surface area (Å²) >= 11 is 6.14. The lowest BCUT2D eigenvalue weighted by Gasteiger charge is -2.18. The zero-order chi connectivity index (χ0) is 25.9. The maximum absolute atomic E-state index is 14.3. The molecule has 6 nitrogen and oxygen atoms in total. The van der Waals surface area contributed by atoms with Crippen LogP contribution in [0.2, 0.25) is 5.02 Å². The van der Waals surface area contributed by atoms with Gasteiger partial charge in [0.15, 0.2) is 11.6 Å². The molecule has 35 heavy (non-hydrogen) atoms. The lowest BCUT2D eigenvalue weighted by Crippen LogP contribution is -2.38. The van der Waals surface area contributed by atoms with Crippen LogP contribution in [0.25, 0.3) is 11.1 Å². The van der Waals surface area contributed by atoms with Gasteiger partial charge in [0.1, 0.15) is 6.04 Å². The van der Waals surface area contributed by atoms with Crippen LogP contribution >= 0.6 is 11.6 Å². The number of methoxy groups -OCH3 is 1. The fourth-order valence-corrected chi connectivity index (χ4v) is 4.26. The summed E-state index contributed by atoms with van der Waals surface area (Å²) in [5.74, 6) is -2.02. The quantitative estimate of drug-likeness (QED) is 0.347. The Bertz CT molecular complexity index is 1230. The van der Waals surface area contributed by atoms with Gasteiger partial charge in [-0.15, -0.1) is 0 Å². The zero-order valence-electron chi connectivity index (χ0n) is 20.2. The van der Waals surface area contributed by atoms with E-state index < -0.39 is 23.7 Å². The van der Waals surface area contributed by atoms with Crippen molar-refractivity contribution in [3.63, 3.8) is 0 Å². The summed E-state index contributed by atoms with van der Waals surface area (Å²) in [7, 11) is 1.37. The summed E-state index contributed by atoms with van der Waals surface area (Å²) in [4.78, 5) is 23.7. The van der Waals surface area contributed by atoms with Crippen LogP contribution < -0.4 is 15.4 Å². The normalized spacial score (nSPS) is 12.5. The number of carbonyl (C=O) groups is 2. The Kier molecular flexibility index (Phi) is 8.02. The number of aryl methyl sites for hydroxylation is 2. The molecule has 0 saturated heterocycles. The molecule has 0 fully saturated rings. The van der Waals surface area contributed by atoms with E-state index in [0.29, 0.717) is 11.1 Å². The molecule has 1 amide bonds. The molecule has 0 aliphatic rings. The maximum atomic E-state index is 14.3. The summed E-state index contributed by atoms with van der Waals surface area (Å²) in [6, 6.07) is 13.4. The fraction of sp³-hybridized carbons (Fsp3) is 0.259. The van der Waals surface area contributed by atoms with Crippen LogP contribution in [-0.4, -0.2) is 30.1 Å². The van der Waals surface area contributed by atoms with Crippen molar-refractivity contribution in [2.75, 3.05) is 12.4 Å². The highest BCUT2D eigenvalue weighted by molar-refractivity contribution is 6.32. The van der Waals surface area contributed by atoms with Crippen LogP contribution in [0.3, 0.4) is 0 Å². The SMILES string of the molecule is COc1c(F)cc(C(C)Nc2cccc(-c3cc(C)c(C(=O)NC(C)C(=O)O)c(C)c3)c2)cc1Cl. The number of nitrogens with one attached hydrogen (secondary N) is 2. The second kappa shape index (κ2) is 10.8. The minimum atomic E-state index is -1.09. The first-order valence-electron chi connectivity index (χ1n) is 11.1. The van der Waals surface area contributed by atoms with Gasteiger partial charge in [0.05, 0.1) is 12.1 Å². The molecule has 3 aromatic rings. The average Bonchev–Trinajstić information content (AvgIpc) is 2.78. The summed E-state index contributed by atoms with van der Waals surface area (Å²) in [6.45, 7) is 6.98. The van der Waals surface area contributed by atoms with Gasteiger partial charge in [-0.05, 0) is 79.8 Å². The zero-order valence-corrected chi connectivity index (χ0v) is 21.0. The Balaban J connectivity index is 1.85. The van der Waals surface area contributed by atoms with E-state index in [0.717, 1.165) is 27.9 Å². The Morgan fingerprint density at radius 1 is 1.03 bits per heavy atom. The van der Waals surface area contributed by atoms with E-state index >= 15 is 0 Å². The van der Waals surface area contributed by atoms with Crippen LogP contribution in [0, 0.1) is 19.7 Å². The van der Waals surface area contributed by atoms with Crippen molar-refractivity contribution in [3.8, 4) is 16.9 Å². The van der Waals surface area contributed by atoms with Crippen molar-refractivity contribution in [1.29, 1.82) is 0 Å². The van der Waals surface area contributed by atoms with Crippen LogP contribution in [0.5, 0.6) is 5.75 Å². The molecule has 8 heteroatoms. The van der Waals surface area contributed by atoms with Crippen LogP contribution in [0.15, 0.2) is 48.5 Å². The third-order valence-electron chi connectivity index (χ3n) is 5.78. The molecule has 0 bridgehead atoms. The molecule has 2 atom stereocenters. The number of carbonyl (C=O) groups excluding carboxylic acids is 1. The number of ether oxygens (including phenoxy) is 1. The molecule has 2 unspecified atom stereocenters. The number of halogens is 2. The number of carboxylic acids is 1. The minimum absolute atomic E-state index is 0.0184. The van der Waals surface area contributed by atoms with Crippen molar-refractivity contribution in [1.82, 2.24) is 5.32 Å². The number of hydrogen-bond donors (Lipinski definition) is 3. The van der Waals surface area contributed by atoms with Gasteiger partial charge < -0.3 is 20.5 Å². The second-order valence-corrected chi connectivity index (χ2v) is 8.89. The highest BCUT2D eigenvalue weighted by atomic mass is 35.5. The number of aliphatic carboxylic acids is 1. The van der Waals surface area contributed by atoms with E-state index in [2.05, 4.69) is 10.6 Å². The molecular formula is C27H28ClFN2O4. The standard InChI is InChI=1S/C27H28ClFN2O4/c1-14-9-20(10-15(2)24(14)26(32)31-17(4)27(33)34)18-7-6-8-21(11-18)30-16(3)19-12-22(28)25(35-5)23(29)13-19/h6-13,16-17,30H,1-5H3,(H,31,32)(H,33,34). The molecule has 3 N–H and O–H groups in total. The van der Waals surface area contributed by atoms with Gasteiger partial charge in [-0.1, -0.05) is 35.9 Å². The number of benzene rings is 3. The predicted molar refractivity (Wildman–Crippen MR) is 136 cm³/mol. The number of rotatable bonds is 8. The van der Waals surface area contributed by atoms with E-state index in [1.165, 1.54) is 20.1 Å². The van der Waals surface area contributed by atoms with Gasteiger partial charge in [-0.25, -0.2) is 4.39 Å².